The third-order valence-electron chi connectivity index (χ3n) is 2.74. The lowest BCUT2D eigenvalue weighted by atomic mass is 9.94. The van der Waals surface area contributed by atoms with Gasteiger partial charge in [-0.05, 0) is 6.07 Å². The third kappa shape index (κ3) is 1.62. The normalized spacial score (nSPS) is 13.2. The molecule has 0 aliphatic carbocycles. The predicted octanol–water partition coefficient (Wildman–Crippen LogP) is 0.584. The number of carbonyl (C=O) groups excluding carboxylic acids is 1. The first-order valence-corrected chi connectivity index (χ1v) is 6.19. The number of fused-ring (bicyclic) bond motifs is 3. The molecule has 0 fully saturated rings. The van der Waals surface area contributed by atoms with Crippen LogP contribution in [0.15, 0.2) is 12.3 Å². The van der Waals surface area contributed by atoms with Crippen LogP contribution < -0.4 is 10.2 Å². The Hall–Kier alpha value is -1.76. The van der Waals surface area contributed by atoms with E-state index in [1.165, 1.54) is 18.4 Å². The van der Waals surface area contributed by atoms with E-state index < -0.39 is 0 Å². The highest BCUT2D eigenvalue weighted by atomic mass is 32.1. The molecule has 5 nitrogen and oxygen atoms in total. The van der Waals surface area contributed by atoms with Gasteiger partial charge in [0.05, 0.1) is 24.9 Å². The van der Waals surface area contributed by atoms with Gasteiger partial charge in [-0.25, -0.2) is 4.79 Å². The molecule has 0 saturated heterocycles. The number of aromatic nitrogens is 2. The van der Waals surface area contributed by atoms with Crippen LogP contribution in [0, 0.1) is 0 Å². The highest BCUT2D eigenvalue weighted by Crippen LogP contribution is 2.39. The fraction of sp³-hybridized carbons (Fsp3) is 0.273. The summed E-state index contributed by atoms with van der Waals surface area (Å²) >= 11 is 1.26. The summed E-state index contributed by atoms with van der Waals surface area (Å²) in [5.74, 6) is -0.374. The van der Waals surface area contributed by atoms with Crippen molar-refractivity contribution in [2.75, 3.05) is 13.7 Å². The van der Waals surface area contributed by atoms with Crippen molar-refractivity contribution >= 4 is 30.6 Å². The molecular formula is C11H9BN2O3S. The van der Waals surface area contributed by atoms with Crippen LogP contribution in [-0.2, 0) is 11.3 Å². The first-order chi connectivity index (χ1) is 8.70. The zero-order valence-electron chi connectivity index (χ0n) is 9.67. The molecule has 0 saturated carbocycles. The highest BCUT2D eigenvalue weighted by molar-refractivity contribution is 7.16. The van der Waals surface area contributed by atoms with E-state index in [0.29, 0.717) is 28.6 Å². The standard InChI is InChI=1S/C11H9BN2O3S/c1-16-10(15)8-4-6-9-7(12)5-13-14(9)2-3-17-11(6)18-8/h4-5H,2-3H2,1H3. The number of carbonyl (C=O) groups is 1. The van der Waals surface area contributed by atoms with E-state index in [0.717, 1.165) is 11.3 Å². The average molecular weight is 260 g/mol. The minimum Gasteiger partial charge on any atom is -0.481 e. The maximum Gasteiger partial charge on any atom is 0.348 e. The Bertz CT molecular complexity index is 620. The Morgan fingerprint density at radius 1 is 1.67 bits per heavy atom. The van der Waals surface area contributed by atoms with Crippen molar-refractivity contribution in [2.45, 2.75) is 6.54 Å². The molecule has 3 rings (SSSR count). The first-order valence-electron chi connectivity index (χ1n) is 5.37. The second-order valence-electron chi connectivity index (χ2n) is 3.82. The zero-order valence-corrected chi connectivity index (χ0v) is 10.5. The number of esters is 1. The molecule has 1 aliphatic heterocycles. The van der Waals surface area contributed by atoms with Crippen molar-refractivity contribution in [3.05, 3.63) is 17.1 Å². The highest BCUT2D eigenvalue weighted by Gasteiger charge is 2.23. The molecule has 3 heterocycles. The van der Waals surface area contributed by atoms with Crippen LogP contribution in [0.4, 0.5) is 0 Å². The maximum absolute atomic E-state index is 11.5. The van der Waals surface area contributed by atoms with Gasteiger partial charge in [-0.15, -0.1) is 0 Å². The lowest BCUT2D eigenvalue weighted by Crippen LogP contribution is -2.09. The molecule has 0 spiro atoms. The number of thiophene rings is 1. The van der Waals surface area contributed by atoms with E-state index in [1.54, 1.807) is 16.9 Å². The quantitative estimate of drug-likeness (QED) is 0.556. The van der Waals surface area contributed by atoms with Gasteiger partial charge >= 0.3 is 5.97 Å². The van der Waals surface area contributed by atoms with Gasteiger partial charge in [0, 0.05) is 6.20 Å². The van der Waals surface area contributed by atoms with Gasteiger partial charge < -0.3 is 9.47 Å². The molecule has 0 unspecified atom stereocenters. The number of hydrogen-bond acceptors (Lipinski definition) is 5. The first kappa shape index (κ1) is 11.3. The molecule has 0 bridgehead atoms. The minimum atomic E-state index is -0.374. The molecule has 7 heteroatoms. The minimum absolute atomic E-state index is 0.374. The zero-order chi connectivity index (χ0) is 12.7. The summed E-state index contributed by atoms with van der Waals surface area (Å²) in [4.78, 5) is 12.0. The Morgan fingerprint density at radius 3 is 3.28 bits per heavy atom. The van der Waals surface area contributed by atoms with E-state index in [2.05, 4.69) is 5.10 Å². The molecule has 18 heavy (non-hydrogen) atoms. The molecule has 0 atom stereocenters. The van der Waals surface area contributed by atoms with Gasteiger partial charge in [0.2, 0.25) is 0 Å². The Kier molecular flexibility index (Phi) is 2.63. The molecule has 2 aromatic rings. The Morgan fingerprint density at radius 2 is 2.50 bits per heavy atom. The SMILES string of the molecule is [B]c1cnn2c1-c1cc(C(=O)OC)sc1OCC2. The number of rotatable bonds is 1. The average Bonchev–Trinajstić information content (AvgIpc) is 2.89. The summed E-state index contributed by atoms with van der Waals surface area (Å²) in [6, 6.07) is 1.74. The van der Waals surface area contributed by atoms with Crippen LogP contribution in [0.2, 0.25) is 0 Å². The van der Waals surface area contributed by atoms with Crippen molar-refractivity contribution in [3.8, 4) is 16.3 Å². The molecule has 0 amide bonds. The van der Waals surface area contributed by atoms with Crippen LogP contribution in [0.5, 0.6) is 5.06 Å². The van der Waals surface area contributed by atoms with E-state index in [-0.39, 0.29) is 5.97 Å². The maximum atomic E-state index is 11.5. The van der Waals surface area contributed by atoms with Crippen molar-refractivity contribution in [1.82, 2.24) is 9.78 Å². The van der Waals surface area contributed by atoms with Crippen molar-refractivity contribution in [2.24, 2.45) is 0 Å². The monoisotopic (exact) mass is 260 g/mol. The third-order valence-corrected chi connectivity index (χ3v) is 3.77. The second kappa shape index (κ2) is 4.17. The van der Waals surface area contributed by atoms with Crippen molar-refractivity contribution < 1.29 is 14.3 Å². The van der Waals surface area contributed by atoms with Gasteiger partial charge in [0.25, 0.3) is 0 Å². The van der Waals surface area contributed by atoms with Gasteiger partial charge in [-0.1, -0.05) is 16.8 Å². The van der Waals surface area contributed by atoms with E-state index in [4.69, 9.17) is 17.3 Å². The van der Waals surface area contributed by atoms with Crippen LogP contribution >= 0.6 is 11.3 Å². The molecular weight excluding hydrogens is 251 g/mol. The molecule has 90 valence electrons. The van der Waals surface area contributed by atoms with Crippen LogP contribution in [0.1, 0.15) is 9.67 Å². The van der Waals surface area contributed by atoms with E-state index in [9.17, 15) is 4.79 Å². The molecule has 2 radical (unpaired) electrons. The fourth-order valence-electron chi connectivity index (χ4n) is 1.94. The van der Waals surface area contributed by atoms with E-state index in [1.807, 2.05) is 0 Å². The summed E-state index contributed by atoms with van der Waals surface area (Å²) < 4.78 is 12.1. The summed E-state index contributed by atoms with van der Waals surface area (Å²) in [5, 5.41) is 4.87. The molecule has 2 aromatic heterocycles. The summed E-state index contributed by atoms with van der Waals surface area (Å²) in [6.07, 6.45) is 1.61. The lowest BCUT2D eigenvalue weighted by molar-refractivity contribution is 0.0606. The van der Waals surface area contributed by atoms with Gasteiger partial charge in [0.15, 0.2) is 5.06 Å². The largest absolute Gasteiger partial charge is 0.481 e. The topological polar surface area (TPSA) is 53.4 Å². The van der Waals surface area contributed by atoms with Crippen LogP contribution in [-0.4, -0.2) is 37.3 Å². The molecule has 0 aromatic carbocycles. The number of nitrogens with zero attached hydrogens (tertiary/aromatic N) is 2. The van der Waals surface area contributed by atoms with Crippen molar-refractivity contribution in [3.63, 3.8) is 0 Å². The molecule has 0 N–H and O–H groups in total. The van der Waals surface area contributed by atoms with Gasteiger partial charge in [-0.3, -0.25) is 4.68 Å². The van der Waals surface area contributed by atoms with Crippen molar-refractivity contribution in [1.29, 1.82) is 0 Å². The smallest absolute Gasteiger partial charge is 0.348 e. The molecule has 1 aliphatic rings. The van der Waals surface area contributed by atoms with Crippen LogP contribution in [0.3, 0.4) is 0 Å². The predicted molar refractivity (Wildman–Crippen MR) is 67.8 cm³/mol. The Balaban J connectivity index is 2.17. The second-order valence-corrected chi connectivity index (χ2v) is 4.84. The lowest BCUT2D eigenvalue weighted by Gasteiger charge is -2.01. The Labute approximate surface area is 109 Å². The number of methoxy groups -OCH3 is 1. The number of ether oxygens (including phenoxy) is 2. The van der Waals surface area contributed by atoms with Crippen LogP contribution in [0.25, 0.3) is 11.3 Å². The summed E-state index contributed by atoms with van der Waals surface area (Å²) in [6.45, 7) is 1.14. The summed E-state index contributed by atoms with van der Waals surface area (Å²) in [5.41, 5.74) is 2.18. The van der Waals surface area contributed by atoms with E-state index >= 15 is 0 Å². The van der Waals surface area contributed by atoms with Gasteiger partial charge in [-0.2, -0.15) is 5.10 Å². The number of hydrogen-bond donors (Lipinski definition) is 0. The van der Waals surface area contributed by atoms with Gasteiger partial charge in [0.1, 0.15) is 19.3 Å². The fourth-order valence-corrected chi connectivity index (χ4v) is 2.89. The summed E-state index contributed by atoms with van der Waals surface area (Å²) in [7, 11) is 7.27.